The molecular formula is C10H14N4O2S. The molecular weight excluding hydrogens is 240 g/mol. The Morgan fingerprint density at radius 3 is 3.06 bits per heavy atom. The molecule has 2 rings (SSSR count). The van der Waals surface area contributed by atoms with Gasteiger partial charge in [-0.3, -0.25) is 5.43 Å². The number of nitrogen functional groups attached to an aromatic ring is 1. The first-order valence-corrected chi connectivity index (χ1v) is 6.04. The Kier molecular flexibility index (Phi) is 3.72. The average Bonchev–Trinajstić information content (AvgIpc) is 2.69. The third-order valence-electron chi connectivity index (χ3n) is 2.15. The second-order valence-corrected chi connectivity index (χ2v) is 4.73. The molecule has 0 saturated carbocycles. The van der Waals surface area contributed by atoms with E-state index in [0.29, 0.717) is 24.9 Å². The Morgan fingerprint density at radius 2 is 2.35 bits per heavy atom. The maximum Gasteiger partial charge on any atom is 0.241 e. The Hall–Kier alpha value is -1.44. The minimum absolute atomic E-state index is 0.0961. The highest BCUT2D eigenvalue weighted by molar-refractivity contribution is 7.18. The summed E-state index contributed by atoms with van der Waals surface area (Å²) >= 11 is 1.56. The van der Waals surface area contributed by atoms with Crippen molar-refractivity contribution in [1.29, 1.82) is 0 Å². The molecule has 0 aliphatic heterocycles. The summed E-state index contributed by atoms with van der Waals surface area (Å²) in [6.07, 6.45) is 0.569. The number of anilines is 1. The van der Waals surface area contributed by atoms with Crippen LogP contribution >= 0.6 is 11.3 Å². The van der Waals surface area contributed by atoms with Crippen LogP contribution in [0.3, 0.4) is 0 Å². The van der Waals surface area contributed by atoms with E-state index in [0.717, 1.165) is 15.1 Å². The SMILES string of the molecule is Cc1cc2c(OCCCO)nc(NN)nc2s1. The van der Waals surface area contributed by atoms with Gasteiger partial charge in [0.15, 0.2) is 0 Å². The molecule has 0 saturated heterocycles. The zero-order chi connectivity index (χ0) is 12.3. The highest BCUT2D eigenvalue weighted by atomic mass is 32.1. The van der Waals surface area contributed by atoms with Gasteiger partial charge in [-0.2, -0.15) is 4.98 Å². The Balaban J connectivity index is 2.36. The summed E-state index contributed by atoms with van der Waals surface area (Å²) in [4.78, 5) is 10.4. The van der Waals surface area contributed by atoms with Crippen LogP contribution in [0, 0.1) is 6.92 Å². The number of hydrazine groups is 1. The van der Waals surface area contributed by atoms with E-state index in [1.807, 2.05) is 13.0 Å². The van der Waals surface area contributed by atoms with Crippen molar-refractivity contribution in [3.05, 3.63) is 10.9 Å². The number of nitrogens with zero attached hydrogens (tertiary/aromatic N) is 2. The largest absolute Gasteiger partial charge is 0.477 e. The van der Waals surface area contributed by atoms with Crippen molar-refractivity contribution < 1.29 is 9.84 Å². The smallest absolute Gasteiger partial charge is 0.241 e. The molecule has 2 aromatic rings. The molecule has 4 N–H and O–H groups in total. The summed E-state index contributed by atoms with van der Waals surface area (Å²) < 4.78 is 5.52. The first kappa shape index (κ1) is 12.0. The van der Waals surface area contributed by atoms with Gasteiger partial charge in [0, 0.05) is 17.9 Å². The number of aliphatic hydroxyl groups is 1. The van der Waals surface area contributed by atoms with Crippen LogP contribution in [-0.2, 0) is 0 Å². The molecule has 0 atom stereocenters. The van der Waals surface area contributed by atoms with E-state index in [9.17, 15) is 0 Å². The molecule has 17 heavy (non-hydrogen) atoms. The maximum absolute atomic E-state index is 8.72. The fraction of sp³-hybridized carbons (Fsp3) is 0.400. The molecule has 0 fully saturated rings. The van der Waals surface area contributed by atoms with E-state index in [2.05, 4.69) is 15.4 Å². The molecule has 7 heteroatoms. The lowest BCUT2D eigenvalue weighted by atomic mass is 10.3. The zero-order valence-electron chi connectivity index (χ0n) is 9.43. The standard InChI is InChI=1S/C10H14N4O2S/c1-6-5-7-8(16-4-2-3-15)12-10(14-11)13-9(7)17-6/h5,15H,2-4,11H2,1H3,(H,12,13,14). The number of aromatic nitrogens is 2. The lowest BCUT2D eigenvalue weighted by Gasteiger charge is -2.06. The first-order chi connectivity index (χ1) is 8.24. The summed E-state index contributed by atoms with van der Waals surface area (Å²) in [5.41, 5.74) is 2.41. The van der Waals surface area contributed by atoms with Crippen LogP contribution in [0.15, 0.2) is 6.07 Å². The van der Waals surface area contributed by atoms with E-state index in [1.54, 1.807) is 11.3 Å². The van der Waals surface area contributed by atoms with E-state index >= 15 is 0 Å². The molecule has 0 radical (unpaired) electrons. The summed E-state index contributed by atoms with van der Waals surface area (Å²) in [5.74, 6) is 6.14. The molecule has 2 heterocycles. The zero-order valence-corrected chi connectivity index (χ0v) is 10.3. The van der Waals surface area contributed by atoms with E-state index < -0.39 is 0 Å². The molecule has 0 unspecified atom stereocenters. The fourth-order valence-corrected chi connectivity index (χ4v) is 2.29. The summed E-state index contributed by atoms with van der Waals surface area (Å²) in [6, 6.07) is 1.98. The molecule has 0 bridgehead atoms. The second-order valence-electron chi connectivity index (χ2n) is 3.50. The minimum atomic E-state index is 0.0961. The number of hydrogen-bond donors (Lipinski definition) is 3. The van der Waals surface area contributed by atoms with Crippen LogP contribution in [0.5, 0.6) is 5.88 Å². The average molecular weight is 254 g/mol. The van der Waals surface area contributed by atoms with Gasteiger partial charge in [0.2, 0.25) is 11.8 Å². The van der Waals surface area contributed by atoms with Crippen LogP contribution in [0.4, 0.5) is 5.95 Å². The van der Waals surface area contributed by atoms with Gasteiger partial charge in [-0.15, -0.1) is 11.3 Å². The monoisotopic (exact) mass is 254 g/mol. The van der Waals surface area contributed by atoms with Crippen LogP contribution < -0.4 is 16.0 Å². The minimum Gasteiger partial charge on any atom is -0.477 e. The van der Waals surface area contributed by atoms with Crippen molar-refractivity contribution in [2.45, 2.75) is 13.3 Å². The van der Waals surface area contributed by atoms with Gasteiger partial charge >= 0.3 is 0 Å². The Bertz CT molecular complexity index is 514. The third-order valence-corrected chi connectivity index (χ3v) is 3.10. The third kappa shape index (κ3) is 2.63. The number of nitrogens with two attached hydrogens (primary N) is 1. The number of nitrogens with one attached hydrogen (secondary N) is 1. The lowest BCUT2D eigenvalue weighted by Crippen LogP contribution is -2.11. The summed E-state index contributed by atoms with van der Waals surface area (Å²) in [6.45, 7) is 2.51. The van der Waals surface area contributed by atoms with Crippen molar-refractivity contribution >= 4 is 27.5 Å². The number of ether oxygens (including phenoxy) is 1. The molecule has 0 aromatic carbocycles. The van der Waals surface area contributed by atoms with Crippen molar-refractivity contribution in [3.8, 4) is 5.88 Å². The van der Waals surface area contributed by atoms with Crippen LogP contribution in [0.2, 0.25) is 0 Å². The van der Waals surface area contributed by atoms with Crippen molar-refractivity contribution in [2.75, 3.05) is 18.6 Å². The van der Waals surface area contributed by atoms with E-state index in [1.165, 1.54) is 0 Å². The molecule has 0 spiro atoms. The number of hydrogen-bond acceptors (Lipinski definition) is 7. The van der Waals surface area contributed by atoms with Gasteiger partial charge in [-0.1, -0.05) is 0 Å². The van der Waals surface area contributed by atoms with Crippen molar-refractivity contribution in [3.63, 3.8) is 0 Å². The molecule has 6 nitrogen and oxygen atoms in total. The number of aryl methyl sites for hydroxylation is 1. The van der Waals surface area contributed by atoms with Gasteiger partial charge in [0.1, 0.15) is 4.83 Å². The number of aliphatic hydroxyl groups excluding tert-OH is 1. The van der Waals surface area contributed by atoms with Gasteiger partial charge in [-0.25, -0.2) is 10.8 Å². The predicted octanol–water partition coefficient (Wildman–Crippen LogP) is 1.05. The number of thiophene rings is 1. The van der Waals surface area contributed by atoms with E-state index in [-0.39, 0.29) is 6.61 Å². The summed E-state index contributed by atoms with van der Waals surface area (Å²) in [7, 11) is 0. The van der Waals surface area contributed by atoms with Crippen LogP contribution in [0.25, 0.3) is 10.2 Å². The quantitative estimate of drug-likeness (QED) is 0.419. The molecule has 92 valence electrons. The highest BCUT2D eigenvalue weighted by Gasteiger charge is 2.11. The summed E-state index contributed by atoms with van der Waals surface area (Å²) in [5, 5.41) is 9.60. The maximum atomic E-state index is 8.72. The Labute approximate surface area is 102 Å². The highest BCUT2D eigenvalue weighted by Crippen LogP contribution is 2.30. The first-order valence-electron chi connectivity index (χ1n) is 5.23. The lowest BCUT2D eigenvalue weighted by molar-refractivity contribution is 0.231. The molecule has 0 amide bonds. The van der Waals surface area contributed by atoms with Crippen molar-refractivity contribution in [2.24, 2.45) is 5.84 Å². The van der Waals surface area contributed by atoms with Gasteiger partial charge < -0.3 is 9.84 Å². The normalized spacial score (nSPS) is 10.8. The van der Waals surface area contributed by atoms with Gasteiger partial charge in [-0.05, 0) is 13.0 Å². The predicted molar refractivity (Wildman–Crippen MR) is 67.2 cm³/mol. The molecule has 0 aliphatic rings. The van der Waals surface area contributed by atoms with Gasteiger partial charge in [0.05, 0.1) is 12.0 Å². The fourth-order valence-electron chi connectivity index (χ4n) is 1.42. The second kappa shape index (κ2) is 5.26. The molecule has 2 aromatic heterocycles. The van der Waals surface area contributed by atoms with Gasteiger partial charge in [0.25, 0.3) is 0 Å². The topological polar surface area (TPSA) is 93.3 Å². The van der Waals surface area contributed by atoms with E-state index in [4.69, 9.17) is 15.7 Å². The number of rotatable bonds is 5. The van der Waals surface area contributed by atoms with Crippen LogP contribution in [-0.4, -0.2) is 28.3 Å². The van der Waals surface area contributed by atoms with Crippen LogP contribution in [0.1, 0.15) is 11.3 Å². The molecule has 0 aliphatic carbocycles. The number of fused-ring (bicyclic) bond motifs is 1. The van der Waals surface area contributed by atoms with Crippen molar-refractivity contribution in [1.82, 2.24) is 9.97 Å². The Morgan fingerprint density at radius 1 is 1.53 bits per heavy atom.